The van der Waals surface area contributed by atoms with E-state index in [4.69, 9.17) is 9.26 Å². The summed E-state index contributed by atoms with van der Waals surface area (Å²) in [7, 11) is -0.775. The summed E-state index contributed by atoms with van der Waals surface area (Å²) in [4.78, 5) is 19.3. The second-order valence-corrected chi connectivity index (χ2v) is 11.2. The number of fused-ring (bicyclic) bond motifs is 1. The number of quaternary nitrogens is 1. The van der Waals surface area contributed by atoms with Gasteiger partial charge in [-0.15, -0.1) is 0 Å². The van der Waals surface area contributed by atoms with Gasteiger partial charge in [0, 0.05) is 22.8 Å². The Labute approximate surface area is 196 Å². The molecule has 3 rings (SSSR count). The number of rotatable bonds is 9. The Morgan fingerprint density at radius 1 is 0.909 bits per heavy atom. The van der Waals surface area contributed by atoms with Gasteiger partial charge in [0.1, 0.15) is 11.8 Å². The van der Waals surface area contributed by atoms with Crippen molar-refractivity contribution in [3.8, 4) is 5.75 Å². The lowest BCUT2D eigenvalue weighted by Crippen LogP contribution is -2.57. The van der Waals surface area contributed by atoms with Gasteiger partial charge in [-0.1, -0.05) is 87.5 Å². The highest BCUT2D eigenvalue weighted by molar-refractivity contribution is 7.46. The molecule has 0 fully saturated rings. The third kappa shape index (κ3) is 6.44. The van der Waals surface area contributed by atoms with Crippen LogP contribution in [-0.2, 0) is 9.09 Å². The summed E-state index contributed by atoms with van der Waals surface area (Å²) in [5, 5.41) is 2.18. The summed E-state index contributed by atoms with van der Waals surface area (Å²) in [5.41, 5.74) is 0.543. The number of phosphoric ester groups is 1. The normalized spacial score (nSPS) is 14.8. The number of hydrogen-bond donors (Lipinski definition) is 2. The summed E-state index contributed by atoms with van der Waals surface area (Å²) in [6.07, 6.45) is -0.113. The van der Waals surface area contributed by atoms with Crippen molar-refractivity contribution in [2.24, 2.45) is 5.41 Å². The molecule has 6 nitrogen and oxygen atoms in total. The Balaban J connectivity index is 1.90. The number of hydrogen-bond acceptors (Lipinski definition) is 3. The average Bonchev–Trinajstić information content (AvgIpc) is 2.74. The van der Waals surface area contributed by atoms with Crippen LogP contribution in [0.1, 0.15) is 38.8 Å². The zero-order valence-corrected chi connectivity index (χ0v) is 20.9. The van der Waals surface area contributed by atoms with Crippen molar-refractivity contribution in [2.75, 3.05) is 20.7 Å². The van der Waals surface area contributed by atoms with Gasteiger partial charge in [-0.2, -0.15) is 0 Å². The smallest absolute Gasteiger partial charge is 0.474 e. The van der Waals surface area contributed by atoms with E-state index < -0.39 is 19.5 Å². The minimum absolute atomic E-state index is 0.114. The van der Waals surface area contributed by atoms with Crippen molar-refractivity contribution in [2.45, 2.75) is 39.5 Å². The molecule has 0 spiro atoms. The van der Waals surface area contributed by atoms with Crippen LogP contribution in [-0.4, -0.2) is 41.2 Å². The minimum atomic E-state index is -4.69. The molecule has 178 valence electrons. The van der Waals surface area contributed by atoms with Crippen molar-refractivity contribution in [3.05, 3.63) is 78.4 Å². The number of nitrogens with zero attached hydrogens (tertiary/aromatic N) is 1. The molecule has 0 radical (unpaired) electrons. The van der Waals surface area contributed by atoms with E-state index in [9.17, 15) is 14.4 Å². The minimum Gasteiger partial charge on any atom is -0.493 e. The van der Waals surface area contributed by atoms with Crippen molar-refractivity contribution >= 4 is 18.6 Å². The predicted molar refractivity (Wildman–Crippen MR) is 132 cm³/mol. The largest absolute Gasteiger partial charge is 0.493 e. The fraction of sp³-hybridized carbons (Fsp3) is 0.385. The van der Waals surface area contributed by atoms with E-state index in [2.05, 4.69) is 12.1 Å². The summed E-state index contributed by atoms with van der Waals surface area (Å²) in [6, 6.07) is 24.0. The quantitative estimate of drug-likeness (QED) is 0.230. The molecule has 0 saturated carbocycles. The van der Waals surface area contributed by atoms with Crippen LogP contribution in [0.3, 0.4) is 0 Å². The number of benzene rings is 3. The van der Waals surface area contributed by atoms with Gasteiger partial charge in [-0.25, -0.2) is 9.09 Å². The van der Waals surface area contributed by atoms with E-state index in [0.29, 0.717) is 13.0 Å². The molecule has 2 N–H and O–H groups in total. The van der Waals surface area contributed by atoms with E-state index in [1.54, 1.807) is 0 Å². The highest BCUT2D eigenvalue weighted by Gasteiger charge is 2.48. The van der Waals surface area contributed by atoms with E-state index in [1.807, 2.05) is 95.5 Å². The van der Waals surface area contributed by atoms with E-state index >= 15 is 0 Å². The zero-order chi connectivity index (χ0) is 24.3. The maximum atomic E-state index is 11.9. The van der Waals surface area contributed by atoms with Crippen molar-refractivity contribution in [1.82, 2.24) is 0 Å². The first-order valence-electron chi connectivity index (χ1n) is 11.1. The van der Waals surface area contributed by atoms with Crippen LogP contribution in [0, 0.1) is 5.41 Å². The molecule has 0 heterocycles. The van der Waals surface area contributed by atoms with Crippen LogP contribution in [0.4, 0.5) is 0 Å². The monoisotopic (exact) mass is 472 g/mol. The third-order valence-electron chi connectivity index (χ3n) is 5.97. The third-order valence-corrected chi connectivity index (χ3v) is 6.44. The molecule has 0 aliphatic carbocycles. The lowest BCUT2D eigenvalue weighted by Gasteiger charge is -2.48. The summed E-state index contributed by atoms with van der Waals surface area (Å²) < 4.78 is 23.7. The SMILES string of the molecule is CC(C)(C)[C@H](OP(=O)(O)O)[N+](C)(C)C(CCOc1cccc2ccccc12)c1ccccc1. The second kappa shape index (κ2) is 9.96. The van der Waals surface area contributed by atoms with Crippen LogP contribution in [0.2, 0.25) is 0 Å². The van der Waals surface area contributed by atoms with Gasteiger partial charge in [-0.05, 0) is 11.5 Å². The predicted octanol–water partition coefficient (Wildman–Crippen LogP) is 5.91. The van der Waals surface area contributed by atoms with Gasteiger partial charge in [0.25, 0.3) is 0 Å². The van der Waals surface area contributed by atoms with Crippen LogP contribution in [0.25, 0.3) is 10.8 Å². The van der Waals surface area contributed by atoms with Gasteiger partial charge in [0.2, 0.25) is 6.23 Å². The highest BCUT2D eigenvalue weighted by atomic mass is 31.2. The van der Waals surface area contributed by atoms with E-state index in [1.165, 1.54) is 0 Å². The molecular weight excluding hydrogens is 437 g/mol. The Bertz CT molecular complexity index is 1100. The standard InChI is InChI=1S/C26H34NO5P/c1-26(2,3)25(32-33(28,29)30)27(4,5)23(21-13-7-6-8-14-21)18-19-31-24-17-11-15-20-12-9-10-16-22(20)24/h6-17,23,25H,18-19H2,1-5H3,(H-,28,29,30)/p+1/t23?,25-/m0/s1. The molecule has 0 saturated heterocycles. The van der Waals surface area contributed by atoms with Gasteiger partial charge >= 0.3 is 7.82 Å². The van der Waals surface area contributed by atoms with Gasteiger partial charge in [0.05, 0.1) is 20.7 Å². The second-order valence-electron chi connectivity index (χ2n) is 9.98. The lowest BCUT2D eigenvalue weighted by molar-refractivity contribution is -0.969. The fourth-order valence-electron chi connectivity index (χ4n) is 4.73. The maximum absolute atomic E-state index is 11.9. The highest BCUT2D eigenvalue weighted by Crippen LogP contribution is 2.47. The molecule has 3 aromatic rings. The summed E-state index contributed by atoms with van der Waals surface area (Å²) in [6.45, 7) is 6.24. The molecule has 0 aliphatic rings. The van der Waals surface area contributed by atoms with Gasteiger partial charge in [-0.3, -0.25) is 4.48 Å². The van der Waals surface area contributed by atoms with Crippen LogP contribution >= 0.6 is 7.82 Å². The molecule has 1 unspecified atom stereocenters. The molecule has 0 bridgehead atoms. The summed E-state index contributed by atoms with van der Waals surface area (Å²) in [5.74, 6) is 0.823. The molecule has 2 atom stereocenters. The molecular formula is C26H35NO5P+. The molecule has 33 heavy (non-hydrogen) atoms. The maximum Gasteiger partial charge on any atom is 0.474 e. The Kier molecular flexibility index (Phi) is 7.67. The molecule has 0 aliphatic heterocycles. The number of ether oxygens (including phenoxy) is 1. The van der Waals surface area contributed by atoms with Crippen molar-refractivity contribution in [1.29, 1.82) is 0 Å². The summed E-state index contributed by atoms with van der Waals surface area (Å²) >= 11 is 0. The van der Waals surface area contributed by atoms with E-state index in [0.717, 1.165) is 22.1 Å². The van der Waals surface area contributed by atoms with Crippen molar-refractivity contribution in [3.63, 3.8) is 0 Å². The number of phosphoric acid groups is 1. The first-order chi connectivity index (χ1) is 15.4. The van der Waals surface area contributed by atoms with Crippen LogP contribution < -0.4 is 4.74 Å². The first kappa shape index (κ1) is 25.4. The zero-order valence-electron chi connectivity index (χ0n) is 20.0. The van der Waals surface area contributed by atoms with Gasteiger partial charge in [0.15, 0.2) is 0 Å². The van der Waals surface area contributed by atoms with Crippen molar-refractivity contribution < 1.29 is 28.1 Å². The average molecular weight is 473 g/mol. The Hall–Kier alpha value is -2.21. The topological polar surface area (TPSA) is 76.0 Å². The Morgan fingerprint density at radius 2 is 1.52 bits per heavy atom. The first-order valence-corrected chi connectivity index (χ1v) is 12.7. The molecule has 3 aromatic carbocycles. The molecule has 7 heteroatoms. The van der Waals surface area contributed by atoms with Crippen LogP contribution in [0.5, 0.6) is 5.75 Å². The van der Waals surface area contributed by atoms with Gasteiger partial charge < -0.3 is 14.5 Å². The van der Waals surface area contributed by atoms with E-state index in [-0.39, 0.29) is 10.5 Å². The van der Waals surface area contributed by atoms with Crippen LogP contribution in [0.15, 0.2) is 72.8 Å². The Morgan fingerprint density at radius 3 is 2.15 bits per heavy atom. The molecule has 0 amide bonds. The fourth-order valence-corrected chi connectivity index (χ4v) is 5.55. The lowest BCUT2D eigenvalue weighted by atomic mass is 9.89. The molecule has 0 aromatic heterocycles.